The van der Waals surface area contributed by atoms with Crippen molar-refractivity contribution < 1.29 is 9.15 Å². The Bertz CT molecular complexity index is 792. The average Bonchev–Trinajstić information content (AvgIpc) is 3.38. The van der Waals surface area contributed by atoms with Crippen LogP contribution in [0.2, 0.25) is 0 Å². The number of nitrogens with zero attached hydrogens (tertiary/aromatic N) is 2. The Balaban J connectivity index is 0.00000300. The van der Waals surface area contributed by atoms with Crippen LogP contribution in [0, 0.1) is 0 Å². The van der Waals surface area contributed by atoms with E-state index in [1.807, 2.05) is 31.2 Å². The number of guanidine groups is 1. The van der Waals surface area contributed by atoms with Crippen molar-refractivity contribution in [2.75, 3.05) is 38.2 Å². The van der Waals surface area contributed by atoms with E-state index in [9.17, 15) is 0 Å². The van der Waals surface area contributed by atoms with Crippen molar-refractivity contribution in [2.45, 2.75) is 25.8 Å². The third-order valence-corrected chi connectivity index (χ3v) is 4.71. The molecule has 2 aromatic rings. The summed E-state index contributed by atoms with van der Waals surface area (Å²) in [5.74, 6) is 2.70. The molecule has 0 aliphatic carbocycles. The van der Waals surface area contributed by atoms with E-state index in [0.717, 1.165) is 61.2 Å². The molecule has 1 atom stereocenters. The smallest absolute Gasteiger partial charge is 0.191 e. The molecule has 1 unspecified atom stereocenters. The number of methoxy groups -OCH3 is 1. The lowest BCUT2D eigenvalue weighted by Crippen LogP contribution is -2.45. The minimum atomic E-state index is 0. The molecule has 3 rings (SSSR count). The standard InChI is InChI=1S/C22H30N4O2.HI/c1-17(2)15-24-22(23-12-10-19-7-6-14-28-19)25-18-11-13-26(16-18)20-8-4-5-9-21(20)27-3;/h4-9,14,18H,1,10-13,15-16H2,2-3H3,(H2,23,24,25);1H. The van der Waals surface area contributed by atoms with Gasteiger partial charge in [-0.3, -0.25) is 0 Å². The Hall–Kier alpha value is -2.16. The van der Waals surface area contributed by atoms with Crippen LogP contribution in [-0.4, -0.2) is 45.3 Å². The minimum Gasteiger partial charge on any atom is -0.495 e. The highest BCUT2D eigenvalue weighted by molar-refractivity contribution is 14.0. The van der Waals surface area contributed by atoms with Gasteiger partial charge in [-0.05, 0) is 37.6 Å². The van der Waals surface area contributed by atoms with Crippen molar-refractivity contribution in [2.24, 2.45) is 4.99 Å². The summed E-state index contributed by atoms with van der Waals surface area (Å²) in [6.07, 6.45) is 3.57. The van der Waals surface area contributed by atoms with Gasteiger partial charge in [0, 0.05) is 32.1 Å². The SMILES string of the molecule is C=C(C)CN=C(NCCc1ccco1)NC1CCN(c2ccccc2OC)C1.I. The molecular weight excluding hydrogens is 479 g/mol. The van der Waals surface area contributed by atoms with Crippen molar-refractivity contribution in [3.05, 3.63) is 60.6 Å². The molecule has 1 aromatic carbocycles. The van der Waals surface area contributed by atoms with Gasteiger partial charge in [0.15, 0.2) is 5.96 Å². The van der Waals surface area contributed by atoms with Gasteiger partial charge >= 0.3 is 0 Å². The first-order chi connectivity index (χ1) is 13.7. The highest BCUT2D eigenvalue weighted by Crippen LogP contribution is 2.30. The molecule has 1 aromatic heterocycles. The maximum absolute atomic E-state index is 5.51. The monoisotopic (exact) mass is 510 g/mol. The van der Waals surface area contributed by atoms with Crippen LogP contribution < -0.4 is 20.3 Å². The summed E-state index contributed by atoms with van der Waals surface area (Å²) < 4.78 is 10.9. The van der Waals surface area contributed by atoms with E-state index in [-0.39, 0.29) is 24.0 Å². The van der Waals surface area contributed by atoms with Gasteiger partial charge in [0.05, 0.1) is 25.6 Å². The lowest BCUT2D eigenvalue weighted by atomic mass is 10.2. The summed E-state index contributed by atoms with van der Waals surface area (Å²) in [7, 11) is 1.72. The largest absolute Gasteiger partial charge is 0.495 e. The van der Waals surface area contributed by atoms with Crippen LogP contribution in [0.15, 0.2) is 64.2 Å². The molecule has 1 saturated heterocycles. The molecule has 1 aliphatic heterocycles. The predicted octanol–water partition coefficient (Wildman–Crippen LogP) is 3.84. The fourth-order valence-electron chi connectivity index (χ4n) is 3.31. The summed E-state index contributed by atoms with van der Waals surface area (Å²) >= 11 is 0. The van der Waals surface area contributed by atoms with Crippen LogP contribution in [0.5, 0.6) is 5.75 Å². The zero-order valence-electron chi connectivity index (χ0n) is 17.2. The van der Waals surface area contributed by atoms with Crippen molar-refractivity contribution in [3.8, 4) is 5.75 Å². The Morgan fingerprint density at radius 2 is 2.14 bits per heavy atom. The Labute approximate surface area is 190 Å². The molecule has 1 fully saturated rings. The Morgan fingerprint density at radius 3 is 2.86 bits per heavy atom. The second-order valence-electron chi connectivity index (χ2n) is 7.13. The number of rotatable bonds is 8. The minimum absolute atomic E-state index is 0. The van der Waals surface area contributed by atoms with Gasteiger partial charge in [0.1, 0.15) is 11.5 Å². The normalized spacial score (nSPS) is 16.3. The van der Waals surface area contributed by atoms with Gasteiger partial charge < -0.3 is 24.7 Å². The van der Waals surface area contributed by atoms with E-state index < -0.39 is 0 Å². The number of hydrogen-bond acceptors (Lipinski definition) is 4. The van der Waals surface area contributed by atoms with Crippen LogP contribution in [0.3, 0.4) is 0 Å². The zero-order valence-corrected chi connectivity index (χ0v) is 19.5. The molecule has 2 heterocycles. The lowest BCUT2D eigenvalue weighted by Gasteiger charge is -2.22. The van der Waals surface area contributed by atoms with Crippen molar-refractivity contribution >= 4 is 35.6 Å². The summed E-state index contributed by atoms with van der Waals surface area (Å²) in [5, 5.41) is 6.99. The van der Waals surface area contributed by atoms with Gasteiger partial charge in [-0.15, -0.1) is 24.0 Å². The van der Waals surface area contributed by atoms with E-state index in [1.165, 1.54) is 0 Å². The zero-order chi connectivity index (χ0) is 19.8. The first-order valence-corrected chi connectivity index (χ1v) is 9.75. The van der Waals surface area contributed by atoms with Gasteiger partial charge in [0.2, 0.25) is 0 Å². The highest BCUT2D eigenvalue weighted by atomic mass is 127. The maximum atomic E-state index is 5.51. The molecule has 0 saturated carbocycles. The lowest BCUT2D eigenvalue weighted by molar-refractivity contribution is 0.415. The third kappa shape index (κ3) is 6.99. The van der Waals surface area contributed by atoms with Crippen molar-refractivity contribution in [1.82, 2.24) is 10.6 Å². The predicted molar refractivity (Wildman–Crippen MR) is 130 cm³/mol. The number of hydrogen-bond donors (Lipinski definition) is 2. The average molecular weight is 510 g/mol. The van der Waals surface area contributed by atoms with Gasteiger partial charge in [-0.2, -0.15) is 0 Å². The second-order valence-corrected chi connectivity index (χ2v) is 7.13. The van der Waals surface area contributed by atoms with Crippen LogP contribution in [-0.2, 0) is 6.42 Å². The number of anilines is 1. The summed E-state index contributed by atoms with van der Waals surface area (Å²) in [6.45, 7) is 9.21. The summed E-state index contributed by atoms with van der Waals surface area (Å²) in [5.41, 5.74) is 2.18. The second kappa shape index (κ2) is 11.7. The number of para-hydroxylation sites is 2. The number of aliphatic imine (C=N–C) groups is 1. The third-order valence-electron chi connectivity index (χ3n) is 4.71. The fraction of sp³-hybridized carbons (Fsp3) is 0.409. The van der Waals surface area contributed by atoms with E-state index in [2.05, 4.69) is 39.2 Å². The molecule has 0 spiro atoms. The molecule has 1 aliphatic rings. The molecule has 0 bridgehead atoms. The van der Waals surface area contributed by atoms with Crippen LogP contribution >= 0.6 is 24.0 Å². The van der Waals surface area contributed by atoms with E-state index >= 15 is 0 Å². The first-order valence-electron chi connectivity index (χ1n) is 9.75. The fourth-order valence-corrected chi connectivity index (χ4v) is 3.31. The molecule has 6 nitrogen and oxygen atoms in total. The van der Waals surface area contributed by atoms with E-state index in [1.54, 1.807) is 13.4 Å². The Morgan fingerprint density at radius 1 is 1.31 bits per heavy atom. The number of furan rings is 1. The van der Waals surface area contributed by atoms with Gasteiger partial charge in [-0.1, -0.05) is 24.3 Å². The highest BCUT2D eigenvalue weighted by Gasteiger charge is 2.25. The van der Waals surface area contributed by atoms with Crippen LogP contribution in [0.4, 0.5) is 5.69 Å². The van der Waals surface area contributed by atoms with E-state index in [4.69, 9.17) is 9.15 Å². The number of benzene rings is 1. The van der Waals surface area contributed by atoms with E-state index in [0.29, 0.717) is 12.6 Å². The van der Waals surface area contributed by atoms with Crippen LogP contribution in [0.25, 0.3) is 0 Å². The topological polar surface area (TPSA) is 62.0 Å². The molecule has 7 heteroatoms. The van der Waals surface area contributed by atoms with Crippen molar-refractivity contribution in [3.63, 3.8) is 0 Å². The molecule has 0 radical (unpaired) electrons. The molecule has 29 heavy (non-hydrogen) atoms. The van der Waals surface area contributed by atoms with Gasteiger partial charge in [0.25, 0.3) is 0 Å². The quantitative estimate of drug-likeness (QED) is 0.245. The Kier molecular flexibility index (Phi) is 9.37. The molecule has 2 N–H and O–H groups in total. The molecule has 158 valence electrons. The first kappa shape index (κ1) is 23.1. The molecule has 0 amide bonds. The molecular formula is C22H31IN4O2. The number of halogens is 1. The summed E-state index contributed by atoms with van der Waals surface area (Å²) in [4.78, 5) is 7.01. The number of ether oxygens (including phenoxy) is 1. The summed E-state index contributed by atoms with van der Waals surface area (Å²) in [6, 6.07) is 12.4. The maximum Gasteiger partial charge on any atom is 0.191 e. The van der Waals surface area contributed by atoms with Gasteiger partial charge in [-0.25, -0.2) is 4.99 Å². The van der Waals surface area contributed by atoms with Crippen LogP contribution in [0.1, 0.15) is 19.1 Å². The number of nitrogens with one attached hydrogen (secondary N) is 2. The van der Waals surface area contributed by atoms with Crippen molar-refractivity contribution in [1.29, 1.82) is 0 Å².